The Morgan fingerprint density at radius 1 is 1.13 bits per heavy atom. The summed E-state index contributed by atoms with van der Waals surface area (Å²) in [6, 6.07) is 7.16. The predicted molar refractivity (Wildman–Crippen MR) is 263 cm³/mol. The first-order chi connectivity index (χ1) is 33.0. The van der Waals surface area contributed by atoms with Gasteiger partial charge in [0.1, 0.15) is 18.1 Å². The van der Waals surface area contributed by atoms with Gasteiger partial charge in [-0.1, -0.05) is 40.3 Å². The maximum absolute atomic E-state index is 14.8. The Hall–Kier alpha value is -5.69. The number of nitrogens with one attached hydrogen (secondary N) is 2. The molecule has 5 amide bonds. The average Bonchev–Trinajstić information content (AvgIpc) is 4.08. The number of cyclic esters (lactones) is 1. The van der Waals surface area contributed by atoms with Gasteiger partial charge >= 0.3 is 12.0 Å². The molecule has 3 fully saturated rings. The minimum absolute atomic E-state index is 0.0598. The van der Waals surface area contributed by atoms with E-state index in [9.17, 15) is 24.0 Å². The number of esters is 1. The smallest absolute Gasteiger partial charge is 0.324 e. The molecule has 4 aliphatic rings. The normalized spacial score (nSPS) is 22.9. The van der Waals surface area contributed by atoms with E-state index >= 15 is 0 Å². The molecule has 8 rings (SSSR count). The topological polar surface area (TPSA) is 181 Å². The van der Waals surface area contributed by atoms with Crippen LogP contribution in [0.25, 0.3) is 33.4 Å². The van der Waals surface area contributed by atoms with E-state index in [1.807, 2.05) is 32.2 Å². The van der Waals surface area contributed by atoms with Crippen molar-refractivity contribution in [3.8, 4) is 22.5 Å². The average molecular weight is 966 g/mol. The molecule has 6 bridgehead atoms. The minimum Gasteiger partial charge on any atom is -0.464 e. The number of nitrogens with zero attached hydrogens (tertiary/aromatic N) is 7. The van der Waals surface area contributed by atoms with Crippen LogP contribution in [0.1, 0.15) is 83.2 Å². The fourth-order valence-corrected chi connectivity index (χ4v) is 11.5. The lowest BCUT2D eigenvalue weighted by Crippen LogP contribution is -2.66. The van der Waals surface area contributed by atoms with Gasteiger partial charge in [0.2, 0.25) is 11.8 Å². The minimum atomic E-state index is -1.11. The number of likely N-dealkylation sites (N-methyl/N-ethyl adjacent to an activating group) is 1. The zero-order valence-corrected chi connectivity index (χ0v) is 42.0. The number of carbonyl (C=O) groups excluding carboxylic acids is 5. The first-order valence-corrected chi connectivity index (χ1v) is 25.0. The summed E-state index contributed by atoms with van der Waals surface area (Å²) in [5, 5.41) is 8.12. The van der Waals surface area contributed by atoms with Crippen molar-refractivity contribution in [1.29, 1.82) is 0 Å². The standard InChI is InChI=1S/C51H67N9O8S/c1-10-42(61)57-21-18-51(28-57)30-67-23-22-59(51)49(65)56(8)44(31(3)4)46(62)54-38-25-41-53-39(27-69-41)33-16-17-40-35(24-33)36(45(58(40)11-2)34-14-12-19-52-43(34)32(5)66-9)26-50(6,7)29-68-48(64)37-15-13-20-60(55-37)47(38)63/h10,12,14,16-17,19,24,27,31-32,37-38,44,55H,1,11,13,15,18,20-23,25-26,28-30H2,2-9H3,(H,54,62)/t32-,37-,38-,44-,51-/m0/s1. The van der Waals surface area contributed by atoms with Crippen LogP contribution in [0.15, 0.2) is 54.6 Å². The monoisotopic (exact) mass is 965 g/mol. The number of hydrogen-bond acceptors (Lipinski definition) is 12. The molecular formula is C51H67N9O8S. The second-order valence-electron chi connectivity index (χ2n) is 20.0. The zero-order valence-electron chi connectivity index (χ0n) is 41.2. The Kier molecular flexibility index (Phi) is 14.7. The number of pyridine rings is 1. The lowest BCUT2D eigenvalue weighted by molar-refractivity contribution is -0.155. The molecule has 18 heteroatoms. The van der Waals surface area contributed by atoms with Crippen molar-refractivity contribution in [3.63, 3.8) is 0 Å². The van der Waals surface area contributed by atoms with Gasteiger partial charge in [-0.2, -0.15) is 0 Å². The maximum Gasteiger partial charge on any atom is 0.324 e. The van der Waals surface area contributed by atoms with Crippen molar-refractivity contribution in [3.05, 3.63) is 70.8 Å². The number of fused-ring (bicyclic) bond motifs is 6. The summed E-state index contributed by atoms with van der Waals surface area (Å²) in [6.45, 7) is 18.4. The van der Waals surface area contributed by atoms with Crippen LogP contribution in [0.4, 0.5) is 4.79 Å². The largest absolute Gasteiger partial charge is 0.464 e. The van der Waals surface area contributed by atoms with Crippen molar-refractivity contribution in [2.75, 3.05) is 60.2 Å². The molecule has 4 aliphatic heterocycles. The van der Waals surface area contributed by atoms with Crippen molar-refractivity contribution in [2.45, 2.75) is 110 Å². The summed E-state index contributed by atoms with van der Waals surface area (Å²) < 4.78 is 20.1. The molecule has 0 aliphatic carbocycles. The number of rotatable bonds is 9. The highest BCUT2D eigenvalue weighted by Gasteiger charge is 2.50. The summed E-state index contributed by atoms with van der Waals surface area (Å²) in [5.41, 5.74) is 8.47. The van der Waals surface area contributed by atoms with Gasteiger partial charge in [0.15, 0.2) is 0 Å². The number of aromatic nitrogens is 3. The maximum atomic E-state index is 14.8. The molecule has 370 valence electrons. The second-order valence-corrected chi connectivity index (χ2v) is 20.9. The Balaban J connectivity index is 1.15. The lowest BCUT2D eigenvalue weighted by Gasteiger charge is -2.47. The van der Waals surface area contributed by atoms with E-state index in [0.717, 1.165) is 44.7 Å². The lowest BCUT2D eigenvalue weighted by atomic mass is 9.84. The number of hydrogen-bond donors (Lipinski definition) is 2. The predicted octanol–water partition coefficient (Wildman–Crippen LogP) is 5.77. The molecule has 2 N–H and O–H groups in total. The molecule has 3 aromatic heterocycles. The highest BCUT2D eigenvalue weighted by atomic mass is 32.1. The molecular weight excluding hydrogens is 899 g/mol. The first-order valence-electron chi connectivity index (χ1n) is 24.2. The van der Waals surface area contributed by atoms with Gasteiger partial charge < -0.3 is 38.8 Å². The number of urea groups is 1. The molecule has 5 atom stereocenters. The number of thiazole rings is 1. The number of amides is 5. The number of aryl methyl sites for hydroxylation is 1. The SMILES string of the molecule is C=CC(=O)N1CC[C@@]2(COCCN2C(=O)N(C)[C@H](C(=O)N[C@H]2Cc3nc(cs3)-c3ccc4c(c3)c(c(-c3cccnc3[C@H](C)OC)n4CC)CC(C)(C)COC(=O)[C@@H]3CCCN(N3)C2=O)C(C)C)C1. The Morgan fingerprint density at radius 3 is 2.67 bits per heavy atom. The number of hydrazine groups is 1. The third-order valence-electron chi connectivity index (χ3n) is 14.2. The van der Waals surface area contributed by atoms with Crippen LogP contribution in [0, 0.1) is 11.3 Å². The van der Waals surface area contributed by atoms with E-state index in [4.69, 9.17) is 24.2 Å². The van der Waals surface area contributed by atoms with E-state index in [2.05, 4.69) is 66.9 Å². The number of likely N-dealkylation sites (tertiary alicyclic amines) is 1. The molecule has 4 aromatic rings. The summed E-state index contributed by atoms with van der Waals surface area (Å²) in [4.78, 5) is 85.4. The highest BCUT2D eigenvalue weighted by Crippen LogP contribution is 2.42. The van der Waals surface area contributed by atoms with Gasteiger partial charge in [-0.15, -0.1) is 11.3 Å². The van der Waals surface area contributed by atoms with Crippen molar-refractivity contribution >= 4 is 52.0 Å². The number of ether oxygens (including phenoxy) is 3. The van der Waals surface area contributed by atoms with Crippen LogP contribution in [-0.2, 0) is 52.8 Å². The molecule has 0 unspecified atom stereocenters. The molecule has 1 aromatic carbocycles. The van der Waals surface area contributed by atoms with Gasteiger partial charge in [-0.25, -0.2) is 15.2 Å². The number of carbonyl (C=O) groups is 5. The summed E-state index contributed by atoms with van der Waals surface area (Å²) >= 11 is 1.40. The molecule has 69 heavy (non-hydrogen) atoms. The Bertz CT molecular complexity index is 2610. The third kappa shape index (κ3) is 9.90. The van der Waals surface area contributed by atoms with Crippen molar-refractivity contribution < 1.29 is 38.2 Å². The molecule has 0 saturated carbocycles. The van der Waals surface area contributed by atoms with Crippen molar-refractivity contribution in [1.82, 2.24) is 45.0 Å². The summed E-state index contributed by atoms with van der Waals surface area (Å²) in [5.74, 6) is -1.97. The fraction of sp³-hybridized carbons (Fsp3) is 0.549. The quantitative estimate of drug-likeness (QED) is 0.154. The second kappa shape index (κ2) is 20.3. The van der Waals surface area contributed by atoms with Gasteiger partial charge in [0, 0.05) is 92.3 Å². The Morgan fingerprint density at radius 2 is 1.93 bits per heavy atom. The van der Waals surface area contributed by atoms with Gasteiger partial charge in [0.25, 0.3) is 5.91 Å². The van der Waals surface area contributed by atoms with Crippen LogP contribution < -0.4 is 10.7 Å². The van der Waals surface area contributed by atoms with E-state index in [1.54, 1.807) is 30.2 Å². The molecule has 1 spiro atoms. The summed E-state index contributed by atoms with van der Waals surface area (Å²) in [6.07, 6.45) is 4.94. The molecule has 3 saturated heterocycles. The first kappa shape index (κ1) is 49.7. The fourth-order valence-electron chi connectivity index (χ4n) is 10.6. The number of morpholine rings is 1. The van der Waals surface area contributed by atoms with Crippen molar-refractivity contribution in [2.24, 2.45) is 11.3 Å². The van der Waals surface area contributed by atoms with Crippen LogP contribution >= 0.6 is 11.3 Å². The Labute approximate surface area is 408 Å². The van der Waals surface area contributed by atoms with Crippen LogP contribution in [0.2, 0.25) is 0 Å². The molecule has 7 heterocycles. The van der Waals surface area contributed by atoms with Gasteiger partial charge in [0.05, 0.1) is 53.6 Å². The van der Waals surface area contributed by atoms with Gasteiger partial charge in [-0.05, 0) is 81.4 Å². The number of benzene rings is 1. The van der Waals surface area contributed by atoms with E-state index < -0.39 is 46.9 Å². The third-order valence-corrected chi connectivity index (χ3v) is 15.1. The van der Waals surface area contributed by atoms with Crippen LogP contribution in [-0.4, -0.2) is 148 Å². The van der Waals surface area contributed by atoms with E-state index in [1.165, 1.54) is 27.3 Å². The highest BCUT2D eigenvalue weighted by molar-refractivity contribution is 7.10. The molecule has 0 radical (unpaired) electrons. The van der Waals surface area contributed by atoms with E-state index in [-0.39, 0.29) is 43.6 Å². The van der Waals surface area contributed by atoms with Crippen LogP contribution in [0.3, 0.4) is 0 Å². The van der Waals surface area contributed by atoms with Crippen LogP contribution in [0.5, 0.6) is 0 Å². The number of methoxy groups -OCH3 is 1. The zero-order chi connectivity index (χ0) is 49.4. The summed E-state index contributed by atoms with van der Waals surface area (Å²) in [7, 11) is 3.29. The van der Waals surface area contributed by atoms with E-state index in [0.29, 0.717) is 70.0 Å². The van der Waals surface area contributed by atoms with Gasteiger partial charge in [-0.3, -0.25) is 29.2 Å². The molecule has 17 nitrogen and oxygen atoms in total.